The van der Waals surface area contributed by atoms with Crippen molar-refractivity contribution in [3.05, 3.63) is 130 Å². The van der Waals surface area contributed by atoms with E-state index in [9.17, 15) is 24.0 Å². The molecule has 4 amide bonds. The van der Waals surface area contributed by atoms with Gasteiger partial charge in [-0.2, -0.15) is 0 Å². The second kappa shape index (κ2) is 10.9. The first kappa shape index (κ1) is 30.3. The van der Waals surface area contributed by atoms with Crippen molar-refractivity contribution in [2.24, 2.45) is 0 Å². The lowest BCUT2D eigenvalue weighted by Crippen LogP contribution is -2.33. The third kappa shape index (κ3) is 5.06. The molecule has 1 unspecified atom stereocenters. The number of imide groups is 2. The van der Waals surface area contributed by atoms with E-state index in [-0.39, 0.29) is 33.1 Å². The van der Waals surface area contributed by atoms with Crippen molar-refractivity contribution in [1.29, 1.82) is 0 Å². The molecular weight excluding hydrogens is 552 g/mol. The van der Waals surface area contributed by atoms with E-state index in [1.165, 1.54) is 54.9 Å². The van der Waals surface area contributed by atoms with Crippen molar-refractivity contribution in [2.75, 3.05) is 11.9 Å². The molecule has 5 rings (SSSR count). The fourth-order valence-electron chi connectivity index (χ4n) is 6.51. The standard InChI is InChI=1S/C37H34N2O5/c1-22-11-18-30-31(19-22)36(4,5)21-37(30,6)26-13-15-27(16-14-26)39(24(3)40)32(41)10-8-9-23(2)33(42)25-12-17-28-29(20-25)35(44)38(7)34(28)43/h9-20H,2,21H2,1,3-7H3. The van der Waals surface area contributed by atoms with Gasteiger partial charge in [-0.25, -0.2) is 4.90 Å². The molecule has 222 valence electrons. The number of fused-ring (bicyclic) bond motifs is 2. The molecule has 0 bridgehead atoms. The van der Waals surface area contributed by atoms with Gasteiger partial charge in [0, 0.05) is 36.6 Å². The van der Waals surface area contributed by atoms with E-state index in [4.69, 9.17) is 0 Å². The number of carbonyl (C=O) groups excluding carboxylic acids is 5. The van der Waals surface area contributed by atoms with Crippen LogP contribution >= 0.6 is 0 Å². The Labute approximate surface area is 257 Å². The molecule has 0 radical (unpaired) electrons. The van der Waals surface area contributed by atoms with Crippen LogP contribution in [-0.4, -0.2) is 41.4 Å². The van der Waals surface area contributed by atoms with Crippen LogP contribution in [0.1, 0.15) is 87.4 Å². The molecule has 3 aromatic rings. The van der Waals surface area contributed by atoms with Gasteiger partial charge < -0.3 is 0 Å². The lowest BCUT2D eigenvalue weighted by Gasteiger charge is -2.29. The van der Waals surface area contributed by atoms with E-state index >= 15 is 0 Å². The lowest BCUT2D eigenvalue weighted by molar-refractivity contribution is -0.123. The van der Waals surface area contributed by atoms with Crippen molar-refractivity contribution in [1.82, 2.24) is 4.90 Å². The summed E-state index contributed by atoms with van der Waals surface area (Å²) in [6, 6.07) is 18.3. The number of anilines is 1. The molecule has 7 nitrogen and oxygen atoms in total. The zero-order valence-electron chi connectivity index (χ0n) is 25.8. The lowest BCUT2D eigenvalue weighted by atomic mass is 9.75. The number of hydrogen-bond donors (Lipinski definition) is 0. The molecule has 0 saturated carbocycles. The van der Waals surface area contributed by atoms with Crippen LogP contribution < -0.4 is 4.90 Å². The predicted octanol–water partition coefficient (Wildman–Crippen LogP) is 6.24. The monoisotopic (exact) mass is 586 g/mol. The number of ketones is 1. The molecule has 0 saturated heterocycles. The van der Waals surface area contributed by atoms with Crippen LogP contribution in [0.25, 0.3) is 0 Å². The maximum absolute atomic E-state index is 13.1. The number of amides is 4. The van der Waals surface area contributed by atoms with Gasteiger partial charge in [-0.05, 0) is 65.8 Å². The van der Waals surface area contributed by atoms with Crippen molar-refractivity contribution in [3.63, 3.8) is 0 Å². The zero-order chi connectivity index (χ0) is 32.1. The highest BCUT2D eigenvalue weighted by molar-refractivity contribution is 6.22. The Kier molecular flexibility index (Phi) is 7.48. The molecule has 1 heterocycles. The Morgan fingerprint density at radius 3 is 2.20 bits per heavy atom. The Hall–Kier alpha value is -5.13. The van der Waals surface area contributed by atoms with Gasteiger partial charge in [-0.3, -0.25) is 28.9 Å². The van der Waals surface area contributed by atoms with Gasteiger partial charge in [-0.1, -0.05) is 69.3 Å². The number of hydrogen-bond acceptors (Lipinski definition) is 5. The molecule has 44 heavy (non-hydrogen) atoms. The number of aryl methyl sites for hydroxylation is 1. The van der Waals surface area contributed by atoms with Crippen LogP contribution in [0.15, 0.2) is 90.7 Å². The van der Waals surface area contributed by atoms with Gasteiger partial charge in [0.15, 0.2) is 5.78 Å². The van der Waals surface area contributed by atoms with Gasteiger partial charge in [-0.15, -0.1) is 5.73 Å². The van der Waals surface area contributed by atoms with E-state index in [0.717, 1.165) is 27.9 Å². The number of allylic oxidation sites excluding steroid dienone is 1. The van der Waals surface area contributed by atoms with Crippen LogP contribution in [0.2, 0.25) is 0 Å². The summed E-state index contributed by atoms with van der Waals surface area (Å²) in [6.07, 6.45) is 3.25. The van der Waals surface area contributed by atoms with Crippen LogP contribution in [0, 0.1) is 6.92 Å². The van der Waals surface area contributed by atoms with E-state index in [0.29, 0.717) is 5.69 Å². The number of Topliss-reactive ketones (excluding diaryl/α,β-unsaturated/α-hetero) is 1. The molecule has 0 fully saturated rings. The summed E-state index contributed by atoms with van der Waals surface area (Å²) < 4.78 is 0. The molecule has 1 aliphatic carbocycles. The summed E-state index contributed by atoms with van der Waals surface area (Å²) in [4.78, 5) is 65.0. The van der Waals surface area contributed by atoms with Crippen molar-refractivity contribution in [2.45, 2.75) is 51.9 Å². The molecule has 0 N–H and O–H groups in total. The van der Waals surface area contributed by atoms with Crippen LogP contribution in [0.3, 0.4) is 0 Å². The summed E-state index contributed by atoms with van der Waals surface area (Å²) >= 11 is 0. The average molecular weight is 587 g/mol. The van der Waals surface area contributed by atoms with Crippen molar-refractivity contribution >= 4 is 35.1 Å². The normalized spacial score (nSPS) is 17.8. The minimum atomic E-state index is -0.625. The predicted molar refractivity (Wildman–Crippen MR) is 169 cm³/mol. The molecule has 1 aliphatic heterocycles. The zero-order valence-corrected chi connectivity index (χ0v) is 25.8. The summed E-state index contributed by atoms with van der Waals surface area (Å²) in [6.45, 7) is 13.9. The fraction of sp³-hybridized carbons (Fsp3) is 0.243. The molecule has 3 aromatic carbocycles. The quantitative estimate of drug-likeness (QED) is 0.112. The third-order valence-corrected chi connectivity index (χ3v) is 8.70. The highest BCUT2D eigenvalue weighted by Crippen LogP contribution is 2.53. The first-order chi connectivity index (χ1) is 20.7. The third-order valence-electron chi connectivity index (χ3n) is 8.70. The molecule has 7 heteroatoms. The molecule has 1 atom stereocenters. The van der Waals surface area contributed by atoms with Crippen LogP contribution in [0.4, 0.5) is 5.69 Å². The summed E-state index contributed by atoms with van der Waals surface area (Å²) in [7, 11) is 1.38. The minimum absolute atomic E-state index is 0.00635. The van der Waals surface area contributed by atoms with Gasteiger partial charge in [0.1, 0.15) is 0 Å². The van der Waals surface area contributed by atoms with E-state index in [2.05, 4.69) is 58.2 Å². The first-order valence-corrected chi connectivity index (χ1v) is 14.3. The smallest absolute Gasteiger partial charge is 0.265 e. The van der Waals surface area contributed by atoms with E-state index in [1.54, 1.807) is 12.1 Å². The number of benzene rings is 3. The van der Waals surface area contributed by atoms with E-state index < -0.39 is 29.4 Å². The summed E-state index contributed by atoms with van der Waals surface area (Å²) in [5.41, 5.74) is 8.41. The maximum atomic E-state index is 13.1. The Morgan fingerprint density at radius 1 is 0.886 bits per heavy atom. The molecule has 2 aliphatic rings. The van der Waals surface area contributed by atoms with Gasteiger partial charge in [0.25, 0.3) is 17.7 Å². The second-order valence-corrected chi connectivity index (χ2v) is 12.4. The Balaban J connectivity index is 1.34. The first-order valence-electron chi connectivity index (χ1n) is 14.3. The van der Waals surface area contributed by atoms with Gasteiger partial charge in [0.2, 0.25) is 5.91 Å². The maximum Gasteiger partial charge on any atom is 0.265 e. The number of nitrogens with zero attached hydrogens (tertiary/aromatic N) is 2. The number of rotatable bonds is 6. The SMILES string of the molecule is C=C(C=C=CC(=O)N(C(C)=O)c1ccc(C2(C)CC(C)(C)c3cc(C)ccc32)cc1)C(=O)c1ccc2c(c1)C(=O)N(C)C2=O. The molecule has 0 spiro atoms. The average Bonchev–Trinajstić information content (AvgIpc) is 3.32. The Bertz CT molecular complexity index is 1860. The highest BCUT2D eigenvalue weighted by atomic mass is 16.2. The molecule has 0 aromatic heterocycles. The Morgan fingerprint density at radius 2 is 1.55 bits per heavy atom. The second-order valence-electron chi connectivity index (χ2n) is 12.4. The summed E-state index contributed by atoms with van der Waals surface area (Å²) in [5, 5.41) is 0. The topological polar surface area (TPSA) is 91.8 Å². The van der Waals surface area contributed by atoms with Gasteiger partial charge in [0.05, 0.1) is 16.8 Å². The van der Waals surface area contributed by atoms with Crippen molar-refractivity contribution in [3.8, 4) is 0 Å². The van der Waals surface area contributed by atoms with Crippen LogP contribution in [0.5, 0.6) is 0 Å². The molecular formula is C37H34N2O5. The minimum Gasteiger partial charge on any atom is -0.289 e. The summed E-state index contributed by atoms with van der Waals surface area (Å²) in [5.74, 6) is -2.49. The van der Waals surface area contributed by atoms with E-state index in [1.807, 2.05) is 12.1 Å². The fourth-order valence-corrected chi connectivity index (χ4v) is 6.51. The van der Waals surface area contributed by atoms with Gasteiger partial charge >= 0.3 is 0 Å². The largest absolute Gasteiger partial charge is 0.289 e. The van der Waals surface area contributed by atoms with Crippen molar-refractivity contribution < 1.29 is 24.0 Å². The number of carbonyl (C=O) groups is 5. The van der Waals surface area contributed by atoms with Crippen LogP contribution in [-0.2, 0) is 20.4 Å². The highest BCUT2D eigenvalue weighted by Gasteiger charge is 2.45.